The van der Waals surface area contributed by atoms with Gasteiger partial charge >= 0.3 is 0 Å². The van der Waals surface area contributed by atoms with Crippen LogP contribution in [0.5, 0.6) is 0 Å². The Labute approximate surface area is 117 Å². The van der Waals surface area contributed by atoms with Gasteiger partial charge in [-0.2, -0.15) is 5.10 Å². The summed E-state index contributed by atoms with van der Waals surface area (Å²) in [6.45, 7) is 2.67. The maximum atomic E-state index is 4.15. The number of nitrogens with zero attached hydrogens (tertiary/aromatic N) is 2. The molecule has 0 aliphatic rings. The molecular weight excluding hydrogens is 346 g/mol. The molecule has 0 bridgehead atoms. The maximum Gasteiger partial charge on any atom is 0.0534 e. The first-order valence-corrected chi connectivity index (χ1v) is 6.96. The van der Waals surface area contributed by atoms with E-state index in [1.54, 1.807) is 6.20 Å². The minimum absolute atomic E-state index is 0.868. The molecule has 2 rings (SSSR count). The summed E-state index contributed by atoms with van der Waals surface area (Å²) in [5, 5.41) is 7.54. The molecule has 0 atom stereocenters. The standard InChI is InChI=1S/C12H13Br2N3/c13-11-3-2-10(8-12(11)14)9-15-5-7-17-6-1-4-16-17/h1-4,6,8,15H,5,7,9H2. The van der Waals surface area contributed by atoms with Gasteiger partial charge in [0.1, 0.15) is 0 Å². The molecular formula is C12H13Br2N3. The van der Waals surface area contributed by atoms with Gasteiger partial charge in [-0.15, -0.1) is 0 Å². The third kappa shape index (κ3) is 3.94. The SMILES string of the molecule is Brc1ccc(CNCCn2cccn2)cc1Br. The fraction of sp³-hybridized carbons (Fsp3) is 0.250. The third-order valence-corrected chi connectivity index (χ3v) is 4.27. The summed E-state index contributed by atoms with van der Waals surface area (Å²) in [5.41, 5.74) is 1.26. The molecule has 0 radical (unpaired) electrons. The molecule has 1 heterocycles. The van der Waals surface area contributed by atoms with Crippen molar-refractivity contribution in [2.24, 2.45) is 0 Å². The van der Waals surface area contributed by atoms with Crippen LogP contribution in [0.25, 0.3) is 0 Å². The van der Waals surface area contributed by atoms with E-state index in [1.807, 2.05) is 16.9 Å². The van der Waals surface area contributed by atoms with Gasteiger partial charge in [0.25, 0.3) is 0 Å². The summed E-state index contributed by atoms with van der Waals surface area (Å²) in [7, 11) is 0. The van der Waals surface area contributed by atoms with E-state index in [0.29, 0.717) is 0 Å². The molecule has 1 aromatic carbocycles. The molecule has 0 aliphatic carbocycles. The Kier molecular flexibility index (Phi) is 4.76. The molecule has 0 aliphatic heterocycles. The molecule has 90 valence electrons. The molecule has 0 spiro atoms. The number of nitrogens with one attached hydrogen (secondary N) is 1. The molecule has 0 saturated heterocycles. The average Bonchev–Trinajstić information content (AvgIpc) is 2.82. The first-order valence-electron chi connectivity index (χ1n) is 5.38. The summed E-state index contributed by atoms with van der Waals surface area (Å²) in [6, 6.07) is 8.21. The van der Waals surface area contributed by atoms with Gasteiger partial charge in [0.2, 0.25) is 0 Å². The van der Waals surface area contributed by atoms with Crippen LogP contribution in [0.4, 0.5) is 0 Å². The van der Waals surface area contributed by atoms with Gasteiger partial charge in [0.15, 0.2) is 0 Å². The van der Waals surface area contributed by atoms with Gasteiger partial charge in [-0.1, -0.05) is 6.07 Å². The normalized spacial score (nSPS) is 10.7. The Morgan fingerprint density at radius 2 is 2.12 bits per heavy atom. The van der Waals surface area contributed by atoms with Crippen molar-refractivity contribution >= 4 is 31.9 Å². The summed E-state index contributed by atoms with van der Waals surface area (Å²) in [6.07, 6.45) is 3.77. The maximum absolute atomic E-state index is 4.15. The topological polar surface area (TPSA) is 29.9 Å². The van der Waals surface area contributed by atoms with Crippen LogP contribution in [-0.4, -0.2) is 16.3 Å². The lowest BCUT2D eigenvalue weighted by molar-refractivity contribution is 0.555. The lowest BCUT2D eigenvalue weighted by Gasteiger charge is -2.06. The van der Waals surface area contributed by atoms with Crippen LogP contribution in [0.1, 0.15) is 5.56 Å². The van der Waals surface area contributed by atoms with Crippen molar-refractivity contribution in [2.75, 3.05) is 6.54 Å². The van der Waals surface area contributed by atoms with E-state index in [9.17, 15) is 0 Å². The predicted octanol–water partition coefficient (Wildman–Crippen LogP) is 3.20. The van der Waals surface area contributed by atoms with E-state index in [4.69, 9.17) is 0 Å². The Morgan fingerprint density at radius 3 is 2.82 bits per heavy atom. The van der Waals surface area contributed by atoms with Gasteiger partial charge in [-0.3, -0.25) is 4.68 Å². The van der Waals surface area contributed by atoms with Gasteiger partial charge in [0, 0.05) is 34.4 Å². The lowest BCUT2D eigenvalue weighted by atomic mass is 10.2. The van der Waals surface area contributed by atoms with Gasteiger partial charge in [0.05, 0.1) is 6.54 Å². The van der Waals surface area contributed by atoms with E-state index in [-0.39, 0.29) is 0 Å². The third-order valence-electron chi connectivity index (χ3n) is 2.39. The Hall–Kier alpha value is -0.650. The van der Waals surface area contributed by atoms with Crippen molar-refractivity contribution in [1.82, 2.24) is 15.1 Å². The fourth-order valence-corrected chi connectivity index (χ4v) is 2.18. The summed E-state index contributed by atoms with van der Waals surface area (Å²) in [4.78, 5) is 0. The van der Waals surface area contributed by atoms with Crippen molar-refractivity contribution in [3.05, 3.63) is 51.2 Å². The minimum Gasteiger partial charge on any atom is -0.311 e. The molecule has 0 saturated carbocycles. The van der Waals surface area contributed by atoms with E-state index < -0.39 is 0 Å². The quantitative estimate of drug-likeness (QED) is 0.832. The molecule has 0 fully saturated rings. The van der Waals surface area contributed by atoms with Crippen molar-refractivity contribution in [1.29, 1.82) is 0 Å². The highest BCUT2D eigenvalue weighted by Crippen LogP contribution is 2.23. The van der Waals surface area contributed by atoms with Gasteiger partial charge in [-0.25, -0.2) is 0 Å². The van der Waals surface area contributed by atoms with Crippen LogP contribution in [0.15, 0.2) is 45.6 Å². The van der Waals surface area contributed by atoms with Crippen molar-refractivity contribution < 1.29 is 0 Å². The molecule has 5 heteroatoms. The zero-order valence-corrected chi connectivity index (χ0v) is 12.4. The Balaban J connectivity index is 1.76. The smallest absolute Gasteiger partial charge is 0.0534 e. The highest BCUT2D eigenvalue weighted by atomic mass is 79.9. The monoisotopic (exact) mass is 357 g/mol. The molecule has 0 unspecified atom stereocenters. The highest BCUT2D eigenvalue weighted by Gasteiger charge is 1.98. The van der Waals surface area contributed by atoms with Crippen molar-refractivity contribution in [3.8, 4) is 0 Å². The molecule has 1 N–H and O–H groups in total. The van der Waals surface area contributed by atoms with Crippen LogP contribution >= 0.6 is 31.9 Å². The number of aromatic nitrogens is 2. The number of hydrogen-bond donors (Lipinski definition) is 1. The van der Waals surface area contributed by atoms with E-state index in [1.165, 1.54) is 5.56 Å². The highest BCUT2D eigenvalue weighted by molar-refractivity contribution is 9.13. The van der Waals surface area contributed by atoms with Crippen molar-refractivity contribution in [3.63, 3.8) is 0 Å². The van der Waals surface area contributed by atoms with E-state index in [0.717, 1.165) is 28.6 Å². The number of rotatable bonds is 5. The first kappa shape index (κ1) is 12.8. The molecule has 2 aromatic rings. The number of halogens is 2. The van der Waals surface area contributed by atoms with Crippen LogP contribution in [0, 0.1) is 0 Å². The van der Waals surface area contributed by atoms with Crippen LogP contribution in [0.2, 0.25) is 0 Å². The molecule has 0 amide bonds. The first-order chi connectivity index (χ1) is 8.25. The molecule has 1 aromatic heterocycles. The lowest BCUT2D eigenvalue weighted by Crippen LogP contribution is -2.19. The Bertz CT molecular complexity index is 469. The zero-order valence-electron chi connectivity index (χ0n) is 9.24. The van der Waals surface area contributed by atoms with E-state index in [2.05, 4.69) is 60.5 Å². The second kappa shape index (κ2) is 6.33. The fourth-order valence-electron chi connectivity index (χ4n) is 1.51. The molecule has 17 heavy (non-hydrogen) atoms. The average molecular weight is 359 g/mol. The molecule has 3 nitrogen and oxygen atoms in total. The minimum atomic E-state index is 0.868. The van der Waals surface area contributed by atoms with Crippen LogP contribution in [-0.2, 0) is 13.1 Å². The summed E-state index contributed by atoms with van der Waals surface area (Å²) < 4.78 is 4.09. The summed E-state index contributed by atoms with van der Waals surface area (Å²) in [5.74, 6) is 0. The van der Waals surface area contributed by atoms with Crippen LogP contribution in [0.3, 0.4) is 0 Å². The second-order valence-corrected chi connectivity index (χ2v) is 5.40. The number of hydrogen-bond acceptors (Lipinski definition) is 2. The van der Waals surface area contributed by atoms with E-state index >= 15 is 0 Å². The Morgan fingerprint density at radius 1 is 1.24 bits per heavy atom. The van der Waals surface area contributed by atoms with Crippen molar-refractivity contribution in [2.45, 2.75) is 13.1 Å². The number of benzene rings is 1. The zero-order chi connectivity index (χ0) is 12.1. The largest absolute Gasteiger partial charge is 0.311 e. The summed E-state index contributed by atoms with van der Waals surface area (Å²) >= 11 is 6.96. The predicted molar refractivity (Wildman–Crippen MR) is 75.8 cm³/mol. The van der Waals surface area contributed by atoms with Gasteiger partial charge in [-0.05, 0) is 55.6 Å². The van der Waals surface area contributed by atoms with Gasteiger partial charge < -0.3 is 5.32 Å². The van der Waals surface area contributed by atoms with Crippen LogP contribution < -0.4 is 5.32 Å². The second-order valence-electron chi connectivity index (χ2n) is 3.69.